The third kappa shape index (κ3) is 3.76. The number of benzene rings is 2. The average molecular weight is 374 g/mol. The van der Waals surface area contributed by atoms with E-state index in [1.54, 1.807) is 29.4 Å². The van der Waals surface area contributed by atoms with Crippen LogP contribution in [0.2, 0.25) is 0 Å². The SMILES string of the molecule is FC(F)(F)c1ccc([C@H]2CC(Oc3cccc(-n4cnnc4)c3)=NO2)cc1. The first-order chi connectivity index (χ1) is 13.0. The number of nitrogens with zero attached hydrogens (tertiary/aromatic N) is 4. The van der Waals surface area contributed by atoms with Crippen molar-refractivity contribution in [2.75, 3.05) is 0 Å². The monoisotopic (exact) mass is 374 g/mol. The summed E-state index contributed by atoms with van der Waals surface area (Å²) < 4.78 is 45.4. The van der Waals surface area contributed by atoms with E-state index in [-0.39, 0.29) is 0 Å². The Hall–Kier alpha value is -3.36. The number of halogens is 3. The van der Waals surface area contributed by atoms with Crippen LogP contribution in [-0.2, 0) is 11.0 Å². The van der Waals surface area contributed by atoms with Gasteiger partial charge < -0.3 is 9.57 Å². The van der Waals surface area contributed by atoms with Crippen molar-refractivity contribution in [3.05, 3.63) is 72.3 Å². The van der Waals surface area contributed by atoms with E-state index in [1.807, 2.05) is 12.1 Å². The van der Waals surface area contributed by atoms with Crippen LogP contribution in [0.4, 0.5) is 13.2 Å². The molecule has 1 aliphatic rings. The fourth-order valence-electron chi connectivity index (χ4n) is 2.66. The lowest BCUT2D eigenvalue weighted by molar-refractivity contribution is -0.137. The van der Waals surface area contributed by atoms with E-state index in [0.717, 1.165) is 17.8 Å². The Bertz CT molecular complexity index is 953. The molecular formula is C18H13F3N4O2. The van der Waals surface area contributed by atoms with E-state index in [9.17, 15) is 13.2 Å². The number of rotatable bonds is 3. The average Bonchev–Trinajstić information content (AvgIpc) is 3.33. The van der Waals surface area contributed by atoms with Crippen LogP contribution in [0, 0.1) is 0 Å². The van der Waals surface area contributed by atoms with Crippen molar-refractivity contribution < 1.29 is 22.7 Å². The largest absolute Gasteiger partial charge is 0.440 e. The van der Waals surface area contributed by atoms with Crippen LogP contribution < -0.4 is 4.74 Å². The summed E-state index contributed by atoms with van der Waals surface area (Å²) in [5, 5.41) is 11.4. The normalized spacial score (nSPS) is 16.7. The van der Waals surface area contributed by atoms with Crippen molar-refractivity contribution in [1.82, 2.24) is 14.8 Å². The second kappa shape index (κ2) is 6.75. The molecule has 3 aromatic rings. The van der Waals surface area contributed by atoms with Crippen LogP contribution in [0.25, 0.3) is 5.69 Å². The number of hydrogen-bond donors (Lipinski definition) is 0. The van der Waals surface area contributed by atoms with Gasteiger partial charge in [-0.3, -0.25) is 4.57 Å². The summed E-state index contributed by atoms with van der Waals surface area (Å²) in [6, 6.07) is 12.1. The van der Waals surface area contributed by atoms with Gasteiger partial charge in [0.2, 0.25) is 5.90 Å². The third-order valence-corrected chi connectivity index (χ3v) is 4.02. The topological polar surface area (TPSA) is 61.5 Å². The molecular weight excluding hydrogens is 361 g/mol. The number of hydrogen-bond acceptors (Lipinski definition) is 5. The van der Waals surface area contributed by atoms with E-state index in [2.05, 4.69) is 15.4 Å². The van der Waals surface area contributed by atoms with Gasteiger partial charge >= 0.3 is 6.18 Å². The van der Waals surface area contributed by atoms with E-state index < -0.39 is 17.8 Å². The van der Waals surface area contributed by atoms with Crippen LogP contribution in [0.3, 0.4) is 0 Å². The van der Waals surface area contributed by atoms with Gasteiger partial charge in [0.05, 0.1) is 17.7 Å². The molecule has 0 N–H and O–H groups in total. The van der Waals surface area contributed by atoms with Crippen LogP contribution in [0.15, 0.2) is 66.3 Å². The maximum absolute atomic E-state index is 12.7. The Labute approximate surface area is 151 Å². The minimum absolute atomic E-state index is 0.322. The number of oxime groups is 1. The molecule has 6 nitrogen and oxygen atoms in total. The van der Waals surface area contributed by atoms with Crippen molar-refractivity contribution in [3.8, 4) is 11.4 Å². The molecule has 0 amide bonds. The van der Waals surface area contributed by atoms with Crippen molar-refractivity contribution in [3.63, 3.8) is 0 Å². The lowest BCUT2D eigenvalue weighted by Crippen LogP contribution is -2.08. The summed E-state index contributed by atoms with van der Waals surface area (Å²) in [6.07, 6.45) is -1.40. The summed E-state index contributed by atoms with van der Waals surface area (Å²) >= 11 is 0. The fraction of sp³-hybridized carbons (Fsp3) is 0.167. The summed E-state index contributed by atoms with van der Waals surface area (Å²) in [4.78, 5) is 5.31. The van der Waals surface area contributed by atoms with Gasteiger partial charge in [-0.2, -0.15) is 13.2 Å². The molecule has 0 saturated carbocycles. The van der Waals surface area contributed by atoms with Crippen molar-refractivity contribution in [2.24, 2.45) is 5.16 Å². The molecule has 2 aromatic carbocycles. The molecule has 1 atom stereocenters. The van der Waals surface area contributed by atoms with E-state index in [0.29, 0.717) is 23.6 Å². The molecule has 2 heterocycles. The zero-order valence-corrected chi connectivity index (χ0v) is 13.8. The highest BCUT2D eigenvalue weighted by molar-refractivity contribution is 5.80. The van der Waals surface area contributed by atoms with E-state index in [1.165, 1.54) is 12.1 Å². The number of aromatic nitrogens is 3. The Morgan fingerprint density at radius 2 is 1.78 bits per heavy atom. The van der Waals surface area contributed by atoms with E-state index in [4.69, 9.17) is 9.57 Å². The molecule has 138 valence electrons. The molecule has 1 aromatic heterocycles. The van der Waals surface area contributed by atoms with Gasteiger partial charge in [0, 0.05) is 6.07 Å². The molecule has 4 rings (SSSR count). The number of alkyl halides is 3. The predicted molar refractivity (Wildman–Crippen MR) is 89.3 cm³/mol. The van der Waals surface area contributed by atoms with Crippen LogP contribution >= 0.6 is 0 Å². The van der Waals surface area contributed by atoms with Gasteiger partial charge in [0.15, 0.2) is 6.10 Å². The van der Waals surface area contributed by atoms with Crippen molar-refractivity contribution >= 4 is 5.90 Å². The minimum Gasteiger partial charge on any atom is -0.440 e. The van der Waals surface area contributed by atoms with Gasteiger partial charge in [0.1, 0.15) is 18.4 Å². The third-order valence-electron chi connectivity index (χ3n) is 4.02. The summed E-state index contributed by atoms with van der Waals surface area (Å²) in [5.41, 5.74) is 0.715. The van der Waals surface area contributed by atoms with Gasteiger partial charge in [-0.15, -0.1) is 10.2 Å². The summed E-state index contributed by atoms with van der Waals surface area (Å²) in [5.74, 6) is 0.900. The lowest BCUT2D eigenvalue weighted by Gasteiger charge is -2.11. The highest BCUT2D eigenvalue weighted by Crippen LogP contribution is 2.33. The summed E-state index contributed by atoms with van der Waals surface area (Å²) in [6.45, 7) is 0. The first-order valence-electron chi connectivity index (χ1n) is 8.02. The smallest absolute Gasteiger partial charge is 0.416 e. The maximum atomic E-state index is 12.7. The predicted octanol–water partition coefficient (Wildman–Crippen LogP) is 4.14. The van der Waals surface area contributed by atoms with Crippen LogP contribution in [0.5, 0.6) is 5.75 Å². The zero-order valence-electron chi connectivity index (χ0n) is 13.8. The Morgan fingerprint density at radius 3 is 2.48 bits per heavy atom. The lowest BCUT2D eigenvalue weighted by atomic mass is 10.0. The second-order valence-corrected chi connectivity index (χ2v) is 5.87. The highest BCUT2D eigenvalue weighted by atomic mass is 19.4. The fourth-order valence-corrected chi connectivity index (χ4v) is 2.66. The maximum Gasteiger partial charge on any atom is 0.416 e. The standard InChI is InChI=1S/C18H13F3N4O2/c19-18(20,21)13-6-4-12(5-7-13)16-9-17(24-27-16)26-15-3-1-2-14(8-15)25-10-22-23-11-25/h1-8,10-11,16H,9H2/t16-/m1/s1. The molecule has 0 saturated heterocycles. The van der Waals surface area contributed by atoms with Crippen molar-refractivity contribution in [1.29, 1.82) is 0 Å². The molecule has 0 bridgehead atoms. The molecule has 0 radical (unpaired) electrons. The van der Waals surface area contributed by atoms with Gasteiger partial charge in [-0.05, 0) is 29.8 Å². The van der Waals surface area contributed by atoms with Gasteiger partial charge in [-0.1, -0.05) is 23.4 Å². The first kappa shape index (κ1) is 17.1. The Morgan fingerprint density at radius 1 is 1.04 bits per heavy atom. The molecule has 0 spiro atoms. The molecule has 27 heavy (non-hydrogen) atoms. The molecule has 0 fully saturated rings. The second-order valence-electron chi connectivity index (χ2n) is 5.87. The van der Waals surface area contributed by atoms with Gasteiger partial charge in [-0.25, -0.2) is 0 Å². The molecule has 9 heteroatoms. The zero-order chi connectivity index (χ0) is 18.9. The molecule has 0 aliphatic carbocycles. The van der Waals surface area contributed by atoms with Crippen LogP contribution in [0.1, 0.15) is 23.7 Å². The van der Waals surface area contributed by atoms with E-state index >= 15 is 0 Å². The van der Waals surface area contributed by atoms with Crippen molar-refractivity contribution in [2.45, 2.75) is 18.7 Å². The first-order valence-corrected chi connectivity index (χ1v) is 8.02. The minimum atomic E-state index is -4.37. The Kier molecular flexibility index (Phi) is 4.27. The Balaban J connectivity index is 1.42. The molecule has 1 aliphatic heterocycles. The molecule has 0 unspecified atom stereocenters. The quantitative estimate of drug-likeness (QED) is 0.691. The summed E-state index contributed by atoms with van der Waals surface area (Å²) in [7, 11) is 0. The highest BCUT2D eigenvalue weighted by Gasteiger charge is 2.31. The number of ether oxygens (including phenoxy) is 1. The van der Waals surface area contributed by atoms with Gasteiger partial charge in [0.25, 0.3) is 0 Å². The van der Waals surface area contributed by atoms with Crippen LogP contribution in [-0.4, -0.2) is 20.7 Å².